The van der Waals surface area contributed by atoms with E-state index in [-0.39, 0.29) is 28.2 Å². The smallest absolute Gasteiger partial charge is 0.272 e. The zero-order chi connectivity index (χ0) is 21.6. The Kier molecular flexibility index (Phi) is 7.43. The molecule has 2 rings (SSSR count). The molecule has 0 aliphatic heterocycles. The SMILES string of the molecule is CNC(=O)c1cc(C#N)cc(C)c1NC(=O)/C(=C/C(=N)P)Nc1ncccc1Cl. The van der Waals surface area contributed by atoms with Crippen LogP contribution in [0.15, 0.2) is 42.2 Å². The van der Waals surface area contributed by atoms with Gasteiger partial charge in [0, 0.05) is 13.2 Å². The lowest BCUT2D eigenvalue weighted by molar-refractivity contribution is -0.112. The van der Waals surface area contributed by atoms with E-state index in [9.17, 15) is 9.59 Å². The number of allylic oxidation sites excluding steroid dienone is 1. The molecule has 148 valence electrons. The Morgan fingerprint density at radius 1 is 1.34 bits per heavy atom. The summed E-state index contributed by atoms with van der Waals surface area (Å²) in [6.07, 6.45) is 2.79. The van der Waals surface area contributed by atoms with Crippen LogP contribution in [0.4, 0.5) is 11.5 Å². The number of pyridine rings is 1. The van der Waals surface area contributed by atoms with Crippen LogP contribution in [0.25, 0.3) is 0 Å². The molecule has 10 heteroatoms. The lowest BCUT2D eigenvalue weighted by Gasteiger charge is -2.16. The van der Waals surface area contributed by atoms with E-state index in [0.717, 1.165) is 0 Å². The monoisotopic (exact) mass is 428 g/mol. The predicted molar refractivity (Wildman–Crippen MR) is 116 cm³/mol. The molecule has 4 N–H and O–H groups in total. The van der Waals surface area contributed by atoms with E-state index in [1.165, 1.54) is 25.4 Å². The maximum atomic E-state index is 12.9. The Labute approximate surface area is 175 Å². The molecule has 8 nitrogen and oxygen atoms in total. The van der Waals surface area contributed by atoms with Gasteiger partial charge >= 0.3 is 0 Å². The first kappa shape index (κ1) is 22.0. The molecule has 0 aliphatic carbocycles. The third-order valence-electron chi connectivity index (χ3n) is 3.73. The number of nitriles is 1. The molecule has 0 saturated carbocycles. The lowest BCUT2D eigenvalue weighted by atomic mass is 10.0. The maximum Gasteiger partial charge on any atom is 0.272 e. The number of rotatable bonds is 6. The molecule has 0 spiro atoms. The van der Waals surface area contributed by atoms with Crippen molar-refractivity contribution in [1.29, 1.82) is 10.7 Å². The molecule has 0 saturated heterocycles. The molecule has 1 unspecified atom stereocenters. The normalized spacial score (nSPS) is 10.7. The van der Waals surface area contributed by atoms with E-state index < -0.39 is 11.8 Å². The Morgan fingerprint density at radius 3 is 2.66 bits per heavy atom. The first-order valence-electron chi connectivity index (χ1n) is 8.28. The molecule has 29 heavy (non-hydrogen) atoms. The highest BCUT2D eigenvalue weighted by Gasteiger charge is 2.19. The van der Waals surface area contributed by atoms with E-state index >= 15 is 0 Å². The second-order valence-corrected chi connectivity index (χ2v) is 6.86. The summed E-state index contributed by atoms with van der Waals surface area (Å²) >= 11 is 6.09. The molecule has 2 amide bonds. The summed E-state index contributed by atoms with van der Waals surface area (Å²) in [5.74, 6) is -0.827. The number of benzene rings is 1. The van der Waals surface area contributed by atoms with Gasteiger partial charge in [-0.3, -0.25) is 9.59 Å². The van der Waals surface area contributed by atoms with Crippen molar-refractivity contribution in [3.05, 3.63) is 63.9 Å². The second kappa shape index (κ2) is 9.78. The van der Waals surface area contributed by atoms with Gasteiger partial charge in [0.05, 0.1) is 33.4 Å². The first-order valence-corrected chi connectivity index (χ1v) is 9.23. The molecule has 1 aromatic heterocycles. The topological polar surface area (TPSA) is 131 Å². The van der Waals surface area contributed by atoms with Crippen molar-refractivity contribution in [1.82, 2.24) is 10.3 Å². The summed E-state index contributed by atoms with van der Waals surface area (Å²) in [6, 6.07) is 8.19. The van der Waals surface area contributed by atoms with Crippen LogP contribution < -0.4 is 16.0 Å². The van der Waals surface area contributed by atoms with Crippen molar-refractivity contribution in [3.8, 4) is 6.07 Å². The van der Waals surface area contributed by atoms with Crippen molar-refractivity contribution in [2.75, 3.05) is 17.7 Å². The third kappa shape index (κ3) is 5.61. The number of hydrogen-bond donors (Lipinski definition) is 4. The van der Waals surface area contributed by atoms with Crippen LogP contribution in [0, 0.1) is 23.7 Å². The summed E-state index contributed by atoms with van der Waals surface area (Å²) in [5.41, 5.74) is 1.26. The summed E-state index contributed by atoms with van der Waals surface area (Å²) in [7, 11) is 3.61. The van der Waals surface area contributed by atoms with E-state index in [4.69, 9.17) is 22.3 Å². The minimum atomic E-state index is -0.614. The molecule has 1 atom stereocenters. The average Bonchev–Trinajstić information content (AvgIpc) is 2.69. The zero-order valence-corrected chi connectivity index (χ0v) is 17.5. The minimum absolute atomic E-state index is 0.00258. The molecule has 0 fully saturated rings. The Bertz CT molecular complexity index is 1060. The highest BCUT2D eigenvalue weighted by Crippen LogP contribution is 2.25. The van der Waals surface area contributed by atoms with Crippen LogP contribution in [0.2, 0.25) is 5.02 Å². The van der Waals surface area contributed by atoms with Gasteiger partial charge in [-0.25, -0.2) is 4.98 Å². The fourth-order valence-corrected chi connectivity index (χ4v) is 2.77. The maximum absolute atomic E-state index is 12.9. The number of nitrogens with zero attached hydrogens (tertiary/aromatic N) is 2. The molecule has 1 heterocycles. The minimum Gasteiger partial charge on any atom is -0.355 e. The van der Waals surface area contributed by atoms with Crippen LogP contribution in [0.3, 0.4) is 0 Å². The molecular formula is C19H18ClN6O2P. The number of nitrogens with one attached hydrogen (secondary N) is 4. The van der Waals surface area contributed by atoms with Gasteiger partial charge in [0.25, 0.3) is 11.8 Å². The van der Waals surface area contributed by atoms with Gasteiger partial charge in [0.15, 0.2) is 0 Å². The largest absolute Gasteiger partial charge is 0.355 e. The summed E-state index contributed by atoms with van der Waals surface area (Å²) in [6.45, 7) is 1.67. The van der Waals surface area contributed by atoms with Gasteiger partial charge in [-0.05, 0) is 42.8 Å². The van der Waals surface area contributed by atoms with Gasteiger partial charge in [0.2, 0.25) is 0 Å². The van der Waals surface area contributed by atoms with Crippen molar-refractivity contribution < 1.29 is 9.59 Å². The van der Waals surface area contributed by atoms with Crippen molar-refractivity contribution >= 4 is 49.6 Å². The Hall–Kier alpha value is -3.27. The van der Waals surface area contributed by atoms with Crippen molar-refractivity contribution in [2.45, 2.75) is 6.92 Å². The average molecular weight is 429 g/mol. The standard InChI is InChI=1S/C19H18ClN6O2P/c1-10-6-11(9-21)7-12(18(27)23-2)16(10)26-19(28)14(8-15(22)29)25-17-13(20)4-3-5-24-17/h3-8,22H,29H2,1-2H3,(H,23,27)(H,24,25)(H,26,28)/b14-8-,22-15?. The number of anilines is 2. The van der Waals surface area contributed by atoms with Gasteiger partial charge in [0.1, 0.15) is 11.5 Å². The summed E-state index contributed by atoms with van der Waals surface area (Å²) < 4.78 is 0. The zero-order valence-electron chi connectivity index (χ0n) is 15.6. The van der Waals surface area contributed by atoms with E-state index in [2.05, 4.69) is 30.2 Å². The van der Waals surface area contributed by atoms with Crippen LogP contribution in [0.5, 0.6) is 0 Å². The number of carbonyl (C=O) groups excluding carboxylic acids is 2. The number of aromatic nitrogens is 1. The van der Waals surface area contributed by atoms with Crippen LogP contribution in [0.1, 0.15) is 21.5 Å². The quantitative estimate of drug-likeness (QED) is 0.319. The molecular weight excluding hydrogens is 411 g/mol. The number of carbonyl (C=O) groups is 2. The van der Waals surface area contributed by atoms with Crippen molar-refractivity contribution in [3.63, 3.8) is 0 Å². The first-order chi connectivity index (χ1) is 13.8. The van der Waals surface area contributed by atoms with Gasteiger partial charge in [-0.15, -0.1) is 0 Å². The Morgan fingerprint density at radius 2 is 2.07 bits per heavy atom. The highest BCUT2D eigenvalue weighted by molar-refractivity contribution is 7.41. The molecule has 0 bridgehead atoms. The Balaban J connectivity index is 2.44. The second-order valence-electron chi connectivity index (χ2n) is 5.83. The molecule has 1 aromatic carbocycles. The number of amides is 2. The van der Waals surface area contributed by atoms with Crippen LogP contribution >= 0.6 is 20.8 Å². The number of aryl methyl sites for hydroxylation is 1. The van der Waals surface area contributed by atoms with Crippen molar-refractivity contribution in [2.24, 2.45) is 0 Å². The fourth-order valence-electron chi connectivity index (χ4n) is 2.43. The van der Waals surface area contributed by atoms with Gasteiger partial charge < -0.3 is 21.4 Å². The van der Waals surface area contributed by atoms with Gasteiger partial charge in [-0.2, -0.15) is 5.26 Å². The number of hydrogen-bond acceptors (Lipinski definition) is 6. The van der Waals surface area contributed by atoms with E-state index in [0.29, 0.717) is 16.1 Å². The molecule has 0 radical (unpaired) electrons. The molecule has 2 aromatic rings. The van der Waals surface area contributed by atoms with Gasteiger partial charge in [-0.1, -0.05) is 20.8 Å². The lowest BCUT2D eigenvalue weighted by Crippen LogP contribution is -2.25. The van der Waals surface area contributed by atoms with Crippen LogP contribution in [-0.4, -0.2) is 29.3 Å². The van der Waals surface area contributed by atoms with E-state index in [1.54, 1.807) is 25.1 Å². The summed E-state index contributed by atoms with van der Waals surface area (Å²) in [5, 5.41) is 25.1. The number of halogens is 1. The summed E-state index contributed by atoms with van der Waals surface area (Å²) in [4.78, 5) is 29.2. The predicted octanol–water partition coefficient (Wildman–Crippen LogP) is 3.06. The third-order valence-corrected chi connectivity index (χ3v) is 4.20. The molecule has 0 aliphatic rings. The van der Waals surface area contributed by atoms with Crippen LogP contribution in [-0.2, 0) is 4.79 Å². The highest BCUT2D eigenvalue weighted by atomic mass is 35.5. The fraction of sp³-hybridized carbons (Fsp3) is 0.105. The van der Waals surface area contributed by atoms with E-state index in [1.807, 2.05) is 6.07 Å².